The Bertz CT molecular complexity index is 116. The molecule has 0 aliphatic rings. The zero-order valence-electron chi connectivity index (χ0n) is 3.84. The van der Waals surface area contributed by atoms with Crippen LogP contribution in [-0.4, -0.2) is 14.2 Å². The normalized spacial score (nSPS) is 11.4. The molecule has 0 heterocycles. The van der Waals surface area contributed by atoms with E-state index in [1.807, 2.05) is 0 Å². The summed E-state index contributed by atoms with van der Waals surface area (Å²) in [7, 11) is -3.10. The van der Waals surface area contributed by atoms with Gasteiger partial charge in [-0.3, -0.25) is 0 Å². The van der Waals surface area contributed by atoms with E-state index in [-0.39, 0.29) is 46.0 Å². The molecule has 7 heavy (non-hydrogen) atoms. The maximum absolute atomic E-state index is 10.2. The molecule has 0 amide bonds. The van der Waals surface area contributed by atoms with E-state index >= 15 is 0 Å². The van der Waals surface area contributed by atoms with Gasteiger partial charge >= 0.3 is 71.9 Å². The van der Waals surface area contributed by atoms with E-state index in [0.29, 0.717) is 0 Å². The van der Waals surface area contributed by atoms with Crippen molar-refractivity contribution in [3.63, 3.8) is 0 Å². The molecule has 0 aromatic carbocycles. The fraction of sp³-hybridized carbons (Fsp3) is 1.00. The van der Waals surface area contributed by atoms with Crippen LogP contribution in [-0.2, 0) is 10.5 Å². The quantitative estimate of drug-likeness (QED) is 0.681. The number of rotatable bonds is 2. The van der Waals surface area contributed by atoms with Gasteiger partial charge in [-0.2, -0.15) is 0 Å². The Morgan fingerprint density at radius 2 is 2.14 bits per heavy atom. The fourth-order valence-corrected chi connectivity index (χ4v) is 1.29. The summed E-state index contributed by atoms with van der Waals surface area (Å²) < 4.78 is 24.6. The van der Waals surface area contributed by atoms with Crippen molar-refractivity contribution < 1.29 is 49.1 Å². The van der Waals surface area contributed by atoms with Crippen LogP contribution < -0.4 is 0 Å². The average Bonchev–Trinajstić information content (AvgIpc) is 1.68. The van der Waals surface area contributed by atoms with E-state index in [4.69, 9.17) is 0 Å². The first kappa shape index (κ1) is 8.29. The zero-order valence-corrected chi connectivity index (χ0v) is 7.80. The van der Waals surface area contributed by atoms with Crippen LogP contribution in [0.25, 0.3) is 0 Å². The predicted molar refractivity (Wildman–Crippen MR) is 20.5 cm³/mol. The van der Waals surface area contributed by atoms with E-state index in [2.05, 4.69) is 0.398 Å². The molecule has 0 N–H and O–H groups in total. The summed E-state index contributed by atoms with van der Waals surface area (Å²) in [5, 5.41) is 0. The summed E-state index contributed by atoms with van der Waals surface area (Å²) in [4.78, 5) is 0. The van der Waals surface area contributed by atoms with Crippen LogP contribution in [0.1, 0.15) is 6.92 Å². The van der Waals surface area contributed by atoms with Gasteiger partial charge in [-0.05, 0) is 0 Å². The van der Waals surface area contributed by atoms with Crippen molar-refractivity contribution in [2.75, 3.05) is 5.75 Å². The summed E-state index contributed by atoms with van der Waals surface area (Å²) in [5.41, 5.74) is 0. The van der Waals surface area contributed by atoms with Gasteiger partial charge in [0.25, 0.3) is 0 Å². The molecule has 0 aliphatic heterocycles. The maximum atomic E-state index is 10.2. The minimum atomic E-state index is -3.10. The molecular weight excluding hydrogens is 244 g/mol. The van der Waals surface area contributed by atoms with Gasteiger partial charge in [-0.15, -0.1) is 0 Å². The molecule has 0 radical (unpaired) electrons. The summed E-state index contributed by atoms with van der Waals surface area (Å²) in [6, 6.07) is 0. The van der Waals surface area contributed by atoms with Crippen LogP contribution in [0.3, 0.4) is 0 Å². The second-order valence-corrected chi connectivity index (χ2v) is 4.36. The van der Waals surface area contributed by atoms with Crippen LogP contribution >= 0.6 is 0 Å². The van der Waals surface area contributed by atoms with Gasteiger partial charge in [-0.25, -0.2) is 0 Å². The minimum absolute atomic E-state index is 0.0799. The van der Waals surface area contributed by atoms with Crippen LogP contribution in [0, 0.1) is 40.2 Å². The molecule has 0 aliphatic carbocycles. The van der Waals surface area contributed by atoms with Gasteiger partial charge in [0.1, 0.15) is 0 Å². The van der Waals surface area contributed by atoms with Crippen molar-refractivity contribution in [1.29, 1.82) is 0 Å². The Morgan fingerprint density at radius 1 is 1.71 bits per heavy atom. The number of hydrogen-bond acceptors (Lipinski definition) is 3. The standard InChI is InChI=1S/C2H6O3S.Ce/c1-2-6(3,4)5;/h2H2,1H3,(H,3,4,5);/q;+1/p-1. The first-order valence-corrected chi connectivity index (χ1v) is 4.56. The average molecular weight is 249 g/mol. The fourth-order valence-electron chi connectivity index (χ4n) is 0.0589. The Labute approximate surface area is 71.0 Å². The molecule has 0 bridgehead atoms. The van der Waals surface area contributed by atoms with Crippen LogP contribution in [0.2, 0.25) is 0 Å². The van der Waals surface area contributed by atoms with Crippen LogP contribution in [0.15, 0.2) is 0 Å². The van der Waals surface area contributed by atoms with Crippen molar-refractivity contribution in [1.82, 2.24) is 0 Å². The van der Waals surface area contributed by atoms with Crippen LogP contribution in [0.5, 0.6) is 0 Å². The summed E-state index contributed by atoms with van der Waals surface area (Å²) >= 11 is 0.269. The molecule has 0 rings (SSSR count). The van der Waals surface area contributed by atoms with E-state index < -0.39 is 10.1 Å². The number of hydrogen-bond donors (Lipinski definition) is 0. The van der Waals surface area contributed by atoms with E-state index in [1.54, 1.807) is 6.92 Å². The van der Waals surface area contributed by atoms with E-state index in [1.165, 1.54) is 0 Å². The third kappa shape index (κ3) is 3.84. The predicted octanol–water partition coefficient (Wildman–Crippen LogP) is -0.183. The van der Waals surface area contributed by atoms with Gasteiger partial charge in [0.15, 0.2) is 0 Å². The first-order valence-electron chi connectivity index (χ1n) is 1.70. The molecule has 0 saturated carbocycles. The molecule has 5 heteroatoms. The summed E-state index contributed by atoms with van der Waals surface area (Å²) in [5.74, 6) is 0.0799. The third-order valence-corrected chi connectivity index (χ3v) is 3.83. The van der Waals surface area contributed by atoms with Crippen LogP contribution in [0.4, 0.5) is 0 Å². The molecular formula is C2H5CeO3S. The molecule has 0 aromatic rings. The Hall–Kier alpha value is 1.29. The molecule has 0 atom stereocenters. The summed E-state index contributed by atoms with van der Waals surface area (Å²) in [6.45, 7) is 1.55. The van der Waals surface area contributed by atoms with E-state index in [9.17, 15) is 8.42 Å². The molecule has 0 spiro atoms. The van der Waals surface area contributed by atoms with Crippen molar-refractivity contribution in [2.45, 2.75) is 6.92 Å². The molecule has 0 unspecified atom stereocenters. The van der Waals surface area contributed by atoms with Crippen molar-refractivity contribution in [2.24, 2.45) is 0 Å². The van der Waals surface area contributed by atoms with Gasteiger partial charge in [0.05, 0.1) is 0 Å². The summed E-state index contributed by atoms with van der Waals surface area (Å²) in [6.07, 6.45) is 0. The first-order chi connectivity index (χ1) is 3.12. The topological polar surface area (TPSA) is 43.4 Å². The Balaban J connectivity index is 3.89. The monoisotopic (exact) mass is 249 g/mol. The van der Waals surface area contributed by atoms with Gasteiger partial charge < -0.3 is 0 Å². The Kier molecular flexibility index (Phi) is 3.95. The molecule has 0 aromatic heterocycles. The SMILES string of the molecule is CCS(=O)(=O)[O][Ce]. The second kappa shape index (κ2) is 3.34. The van der Waals surface area contributed by atoms with Gasteiger partial charge in [0.2, 0.25) is 0 Å². The second-order valence-electron chi connectivity index (χ2n) is 0.930. The third-order valence-electron chi connectivity index (χ3n) is 0.481. The molecule has 0 fully saturated rings. The molecule has 3 nitrogen and oxygen atoms in total. The van der Waals surface area contributed by atoms with E-state index in [0.717, 1.165) is 0 Å². The van der Waals surface area contributed by atoms with Crippen molar-refractivity contribution in [3.8, 4) is 0 Å². The molecule has 41 valence electrons. The van der Waals surface area contributed by atoms with Crippen molar-refractivity contribution >= 4 is 10.1 Å². The Morgan fingerprint density at radius 3 is 2.14 bits per heavy atom. The van der Waals surface area contributed by atoms with Crippen molar-refractivity contribution in [3.05, 3.63) is 0 Å². The van der Waals surface area contributed by atoms with Gasteiger partial charge in [0, 0.05) is 0 Å². The zero-order chi connectivity index (χ0) is 5.91. The van der Waals surface area contributed by atoms with Gasteiger partial charge in [-0.1, -0.05) is 0 Å². The molecule has 0 saturated heterocycles.